The van der Waals surface area contributed by atoms with Crippen molar-refractivity contribution < 1.29 is 14.6 Å². The molecular weight excluding hydrogens is 254 g/mol. The summed E-state index contributed by atoms with van der Waals surface area (Å²) < 4.78 is 5.40. The number of benzene rings is 1. The van der Waals surface area contributed by atoms with Crippen LogP contribution in [-0.4, -0.2) is 40.8 Å². The molecule has 0 spiro atoms. The third kappa shape index (κ3) is 5.72. The normalized spacial score (nSPS) is 13.3. The molecule has 1 atom stereocenters. The third-order valence-electron chi connectivity index (χ3n) is 2.91. The molecule has 20 heavy (non-hydrogen) atoms. The van der Waals surface area contributed by atoms with Gasteiger partial charge < -0.3 is 9.84 Å². The lowest BCUT2D eigenvalue weighted by Gasteiger charge is -2.30. The molecule has 0 bridgehead atoms. The Morgan fingerprint density at radius 1 is 1.30 bits per heavy atom. The van der Waals surface area contributed by atoms with Gasteiger partial charge in [0.25, 0.3) is 0 Å². The van der Waals surface area contributed by atoms with Crippen molar-refractivity contribution in [1.82, 2.24) is 4.90 Å². The molecule has 0 radical (unpaired) electrons. The highest BCUT2D eigenvalue weighted by Gasteiger charge is 2.26. The summed E-state index contributed by atoms with van der Waals surface area (Å²) in [6.45, 7) is 8.44. The molecule has 0 aliphatic rings. The highest BCUT2D eigenvalue weighted by Crippen LogP contribution is 2.13. The molecule has 0 unspecified atom stereocenters. The first kappa shape index (κ1) is 16.7. The number of aliphatic hydroxyl groups is 1. The second-order valence-electron chi connectivity index (χ2n) is 5.89. The largest absolute Gasteiger partial charge is 0.459 e. The Bertz CT molecular complexity index is 411. The standard InChI is InChI=1S/C16H25NO3/c1-13(15(19)20-16(2,3)4)17(10-11-18)12-14-8-6-5-7-9-14/h5-9,13,18H,10-12H2,1-4H3/t13-/m0/s1. The summed E-state index contributed by atoms with van der Waals surface area (Å²) in [5.41, 5.74) is 0.611. The average molecular weight is 279 g/mol. The molecule has 1 N–H and O–H groups in total. The van der Waals surface area contributed by atoms with E-state index in [1.807, 2.05) is 62.9 Å². The van der Waals surface area contributed by atoms with Crippen molar-refractivity contribution in [2.75, 3.05) is 13.2 Å². The zero-order valence-corrected chi connectivity index (χ0v) is 12.8. The first-order valence-corrected chi connectivity index (χ1v) is 6.95. The Balaban J connectivity index is 2.72. The van der Waals surface area contributed by atoms with Crippen LogP contribution in [0.3, 0.4) is 0 Å². The van der Waals surface area contributed by atoms with Crippen LogP contribution in [0.2, 0.25) is 0 Å². The van der Waals surface area contributed by atoms with Crippen molar-refractivity contribution in [2.45, 2.75) is 45.9 Å². The van der Waals surface area contributed by atoms with Crippen LogP contribution in [0.1, 0.15) is 33.3 Å². The fourth-order valence-corrected chi connectivity index (χ4v) is 1.89. The quantitative estimate of drug-likeness (QED) is 0.811. The van der Waals surface area contributed by atoms with E-state index in [1.54, 1.807) is 0 Å². The number of hydrogen-bond acceptors (Lipinski definition) is 4. The first-order valence-electron chi connectivity index (χ1n) is 6.95. The number of hydrogen-bond donors (Lipinski definition) is 1. The van der Waals surface area contributed by atoms with E-state index < -0.39 is 5.60 Å². The molecule has 112 valence electrons. The Hall–Kier alpha value is -1.39. The number of ether oxygens (including phenoxy) is 1. The van der Waals surface area contributed by atoms with Gasteiger partial charge in [0.05, 0.1) is 6.61 Å². The minimum Gasteiger partial charge on any atom is -0.459 e. The van der Waals surface area contributed by atoms with Crippen LogP contribution in [0.15, 0.2) is 30.3 Å². The summed E-state index contributed by atoms with van der Waals surface area (Å²) >= 11 is 0. The van der Waals surface area contributed by atoms with Crippen LogP contribution in [0.4, 0.5) is 0 Å². The number of carbonyl (C=O) groups excluding carboxylic acids is 1. The van der Waals surface area contributed by atoms with Gasteiger partial charge >= 0.3 is 5.97 Å². The van der Waals surface area contributed by atoms with Crippen LogP contribution in [0.25, 0.3) is 0 Å². The van der Waals surface area contributed by atoms with Crippen LogP contribution in [0, 0.1) is 0 Å². The molecule has 0 saturated heterocycles. The van der Waals surface area contributed by atoms with Gasteiger partial charge in [-0.25, -0.2) is 0 Å². The second-order valence-corrected chi connectivity index (χ2v) is 5.89. The molecule has 1 rings (SSSR count). The fourth-order valence-electron chi connectivity index (χ4n) is 1.89. The molecule has 0 aliphatic carbocycles. The Morgan fingerprint density at radius 2 is 1.90 bits per heavy atom. The Morgan fingerprint density at radius 3 is 2.40 bits per heavy atom. The number of rotatable bonds is 6. The van der Waals surface area contributed by atoms with Gasteiger partial charge in [0.2, 0.25) is 0 Å². The lowest BCUT2D eigenvalue weighted by molar-refractivity contribution is -0.161. The summed E-state index contributed by atoms with van der Waals surface area (Å²) in [6, 6.07) is 9.51. The molecule has 0 saturated carbocycles. The minimum atomic E-state index is -0.497. The van der Waals surface area contributed by atoms with E-state index in [4.69, 9.17) is 4.74 Å². The summed E-state index contributed by atoms with van der Waals surface area (Å²) in [5, 5.41) is 9.18. The number of aliphatic hydroxyl groups excluding tert-OH is 1. The van der Waals surface area contributed by atoms with E-state index in [0.29, 0.717) is 13.1 Å². The van der Waals surface area contributed by atoms with E-state index in [1.165, 1.54) is 0 Å². The molecule has 0 aromatic heterocycles. The average Bonchev–Trinajstić information content (AvgIpc) is 2.36. The predicted octanol–water partition coefficient (Wildman–Crippen LogP) is 2.21. The topological polar surface area (TPSA) is 49.8 Å². The van der Waals surface area contributed by atoms with E-state index in [0.717, 1.165) is 5.56 Å². The smallest absolute Gasteiger partial charge is 0.323 e. The molecule has 4 nitrogen and oxygen atoms in total. The van der Waals surface area contributed by atoms with Crippen molar-refractivity contribution in [3.63, 3.8) is 0 Å². The van der Waals surface area contributed by atoms with Gasteiger partial charge in [-0.3, -0.25) is 9.69 Å². The van der Waals surface area contributed by atoms with Crippen LogP contribution in [0.5, 0.6) is 0 Å². The van der Waals surface area contributed by atoms with Crippen LogP contribution >= 0.6 is 0 Å². The molecule has 1 aromatic carbocycles. The number of esters is 1. The zero-order valence-electron chi connectivity index (χ0n) is 12.8. The zero-order chi connectivity index (χ0) is 15.2. The first-order chi connectivity index (χ1) is 9.33. The van der Waals surface area contributed by atoms with Crippen molar-refractivity contribution in [3.8, 4) is 0 Å². The Kier molecular flexibility index (Phi) is 6.17. The summed E-state index contributed by atoms with van der Waals surface area (Å²) in [5.74, 6) is -0.262. The van der Waals surface area contributed by atoms with Gasteiger partial charge in [-0.05, 0) is 33.3 Å². The summed E-state index contributed by atoms with van der Waals surface area (Å²) in [7, 11) is 0. The highest BCUT2D eigenvalue weighted by atomic mass is 16.6. The Labute approximate surface area is 121 Å². The lowest BCUT2D eigenvalue weighted by Crippen LogP contribution is -2.43. The van der Waals surface area contributed by atoms with Crippen molar-refractivity contribution in [3.05, 3.63) is 35.9 Å². The van der Waals surface area contributed by atoms with Crippen molar-refractivity contribution >= 4 is 5.97 Å². The maximum atomic E-state index is 12.1. The molecule has 0 amide bonds. The molecule has 4 heteroatoms. The molecule has 0 aliphatic heterocycles. The predicted molar refractivity (Wildman–Crippen MR) is 79.2 cm³/mol. The highest BCUT2D eigenvalue weighted by molar-refractivity contribution is 5.75. The van der Waals surface area contributed by atoms with Gasteiger partial charge in [-0.2, -0.15) is 0 Å². The van der Waals surface area contributed by atoms with Gasteiger partial charge in [0, 0.05) is 13.1 Å². The van der Waals surface area contributed by atoms with Crippen LogP contribution in [-0.2, 0) is 16.1 Å². The van der Waals surface area contributed by atoms with Gasteiger partial charge in [-0.1, -0.05) is 30.3 Å². The van der Waals surface area contributed by atoms with Gasteiger partial charge in [0.15, 0.2) is 0 Å². The van der Waals surface area contributed by atoms with E-state index in [2.05, 4.69) is 0 Å². The molecule has 1 aromatic rings. The van der Waals surface area contributed by atoms with E-state index in [9.17, 15) is 9.90 Å². The van der Waals surface area contributed by atoms with Crippen molar-refractivity contribution in [1.29, 1.82) is 0 Å². The monoisotopic (exact) mass is 279 g/mol. The third-order valence-corrected chi connectivity index (χ3v) is 2.91. The number of nitrogens with zero attached hydrogens (tertiary/aromatic N) is 1. The van der Waals surface area contributed by atoms with Gasteiger partial charge in [-0.15, -0.1) is 0 Å². The second kappa shape index (κ2) is 7.41. The summed E-state index contributed by atoms with van der Waals surface area (Å²) in [4.78, 5) is 14.0. The minimum absolute atomic E-state index is 0.0139. The number of carbonyl (C=O) groups is 1. The summed E-state index contributed by atoms with van der Waals surface area (Å²) in [6.07, 6.45) is 0. The SMILES string of the molecule is C[C@@H](C(=O)OC(C)(C)C)N(CCO)Cc1ccccc1. The molecular formula is C16H25NO3. The van der Waals surface area contributed by atoms with E-state index >= 15 is 0 Å². The van der Waals surface area contributed by atoms with Crippen LogP contribution < -0.4 is 0 Å². The molecule has 0 heterocycles. The lowest BCUT2D eigenvalue weighted by atomic mass is 10.1. The fraction of sp³-hybridized carbons (Fsp3) is 0.562. The maximum Gasteiger partial charge on any atom is 0.323 e. The van der Waals surface area contributed by atoms with Gasteiger partial charge in [0.1, 0.15) is 11.6 Å². The van der Waals surface area contributed by atoms with E-state index in [-0.39, 0.29) is 18.6 Å². The van der Waals surface area contributed by atoms with Crippen molar-refractivity contribution in [2.24, 2.45) is 0 Å². The molecule has 0 fully saturated rings. The maximum absolute atomic E-state index is 12.1.